The van der Waals surface area contributed by atoms with E-state index in [2.05, 4.69) is 16.0 Å². The predicted molar refractivity (Wildman–Crippen MR) is 73.2 cm³/mol. The molecular formula is C13H23N3O4. The smallest absolute Gasteiger partial charge is 0.315 e. The number of carbonyl (C=O) groups excluding carboxylic acids is 2. The third-order valence-corrected chi connectivity index (χ3v) is 3.36. The van der Waals surface area contributed by atoms with Gasteiger partial charge in [-0.2, -0.15) is 0 Å². The van der Waals surface area contributed by atoms with E-state index in [0.717, 1.165) is 12.8 Å². The van der Waals surface area contributed by atoms with Crippen LogP contribution in [0.1, 0.15) is 39.0 Å². The van der Waals surface area contributed by atoms with Crippen LogP contribution in [0.3, 0.4) is 0 Å². The standard InChI is InChI=1S/C13H23N3O4/c1-2-7-14-11(17)6-8-15-13(20)16-10-5-3-4-9(10)12(18)19/h9-10H,2-8H2,1H3,(H,14,17)(H,18,19)(H2,15,16,20). The highest BCUT2D eigenvalue weighted by atomic mass is 16.4. The molecule has 7 heteroatoms. The van der Waals surface area contributed by atoms with E-state index in [0.29, 0.717) is 19.4 Å². The molecule has 0 spiro atoms. The number of rotatable bonds is 7. The number of carboxylic acid groups (broad SMARTS) is 1. The van der Waals surface area contributed by atoms with Gasteiger partial charge in [0.05, 0.1) is 5.92 Å². The molecule has 1 fully saturated rings. The van der Waals surface area contributed by atoms with E-state index in [9.17, 15) is 14.4 Å². The molecule has 0 aromatic heterocycles. The summed E-state index contributed by atoms with van der Waals surface area (Å²) in [6.45, 7) is 2.84. The third-order valence-electron chi connectivity index (χ3n) is 3.36. The number of amides is 3. The van der Waals surface area contributed by atoms with Crippen molar-refractivity contribution in [3.63, 3.8) is 0 Å². The molecule has 0 aromatic carbocycles. The van der Waals surface area contributed by atoms with Gasteiger partial charge in [-0.1, -0.05) is 13.3 Å². The van der Waals surface area contributed by atoms with Gasteiger partial charge in [0.1, 0.15) is 0 Å². The average molecular weight is 285 g/mol. The van der Waals surface area contributed by atoms with Crippen molar-refractivity contribution in [1.82, 2.24) is 16.0 Å². The SMILES string of the molecule is CCCNC(=O)CCNC(=O)NC1CCCC1C(=O)O. The van der Waals surface area contributed by atoms with Crippen molar-refractivity contribution in [2.75, 3.05) is 13.1 Å². The van der Waals surface area contributed by atoms with Gasteiger partial charge in [-0.25, -0.2) is 4.79 Å². The van der Waals surface area contributed by atoms with Crippen molar-refractivity contribution in [2.24, 2.45) is 5.92 Å². The zero-order valence-electron chi connectivity index (χ0n) is 11.8. The minimum absolute atomic E-state index is 0.101. The van der Waals surface area contributed by atoms with E-state index in [1.807, 2.05) is 6.92 Å². The first-order chi connectivity index (χ1) is 9.54. The minimum atomic E-state index is -0.869. The first-order valence-electron chi connectivity index (χ1n) is 7.08. The molecule has 1 aliphatic rings. The van der Waals surface area contributed by atoms with Crippen LogP contribution in [0.5, 0.6) is 0 Å². The zero-order chi connectivity index (χ0) is 15.0. The van der Waals surface area contributed by atoms with Gasteiger partial charge in [-0.05, 0) is 19.3 Å². The fraction of sp³-hybridized carbons (Fsp3) is 0.769. The molecule has 7 nitrogen and oxygen atoms in total. The summed E-state index contributed by atoms with van der Waals surface area (Å²) in [6.07, 6.45) is 3.18. The van der Waals surface area contributed by atoms with Crippen LogP contribution < -0.4 is 16.0 Å². The summed E-state index contributed by atoms with van der Waals surface area (Å²) in [5.74, 6) is -1.48. The van der Waals surface area contributed by atoms with Gasteiger partial charge in [0, 0.05) is 25.6 Å². The summed E-state index contributed by atoms with van der Waals surface area (Å²) in [5.41, 5.74) is 0. The Hall–Kier alpha value is -1.79. The molecule has 0 bridgehead atoms. The number of aliphatic carboxylic acids is 1. The van der Waals surface area contributed by atoms with Crippen LogP contribution in [0.25, 0.3) is 0 Å². The molecule has 0 aliphatic heterocycles. The second-order valence-electron chi connectivity index (χ2n) is 4.98. The molecule has 0 heterocycles. The van der Waals surface area contributed by atoms with Crippen molar-refractivity contribution in [1.29, 1.82) is 0 Å². The molecule has 0 saturated heterocycles. The highest BCUT2D eigenvalue weighted by Crippen LogP contribution is 2.25. The van der Waals surface area contributed by atoms with Crippen LogP contribution in [0.2, 0.25) is 0 Å². The third kappa shape index (κ3) is 5.46. The van der Waals surface area contributed by atoms with E-state index >= 15 is 0 Å². The Balaban J connectivity index is 2.20. The summed E-state index contributed by atoms with van der Waals surface area (Å²) < 4.78 is 0. The first-order valence-corrected chi connectivity index (χ1v) is 7.08. The number of hydrogen-bond acceptors (Lipinski definition) is 3. The lowest BCUT2D eigenvalue weighted by molar-refractivity contribution is -0.142. The van der Waals surface area contributed by atoms with Gasteiger partial charge in [0.25, 0.3) is 0 Å². The Labute approximate surface area is 118 Å². The fourth-order valence-electron chi connectivity index (χ4n) is 2.29. The zero-order valence-corrected chi connectivity index (χ0v) is 11.8. The number of carbonyl (C=O) groups is 3. The lowest BCUT2D eigenvalue weighted by Gasteiger charge is -2.17. The quantitative estimate of drug-likeness (QED) is 0.545. The summed E-state index contributed by atoms with van der Waals surface area (Å²) in [4.78, 5) is 33.9. The van der Waals surface area contributed by atoms with E-state index < -0.39 is 17.9 Å². The molecule has 2 unspecified atom stereocenters. The summed E-state index contributed by atoms with van der Waals surface area (Å²) in [6, 6.07) is -0.729. The van der Waals surface area contributed by atoms with Crippen molar-refractivity contribution in [2.45, 2.75) is 45.1 Å². The van der Waals surface area contributed by atoms with E-state index in [-0.39, 0.29) is 24.9 Å². The molecule has 0 aromatic rings. The average Bonchev–Trinajstić information content (AvgIpc) is 2.84. The molecule has 1 aliphatic carbocycles. The van der Waals surface area contributed by atoms with Crippen LogP contribution in [0.4, 0.5) is 4.79 Å². The number of carboxylic acids is 1. The van der Waals surface area contributed by atoms with Gasteiger partial charge < -0.3 is 21.1 Å². The maximum absolute atomic E-state index is 11.6. The summed E-state index contributed by atoms with van der Waals surface area (Å²) >= 11 is 0. The fourth-order valence-corrected chi connectivity index (χ4v) is 2.29. The molecular weight excluding hydrogens is 262 g/mol. The predicted octanol–water partition coefficient (Wildman–Crippen LogP) is 0.455. The number of hydrogen-bond donors (Lipinski definition) is 4. The lowest BCUT2D eigenvalue weighted by Crippen LogP contribution is -2.46. The van der Waals surface area contributed by atoms with Crippen molar-refractivity contribution >= 4 is 17.9 Å². The number of urea groups is 1. The Kier molecular flexibility index (Phi) is 6.83. The summed E-state index contributed by atoms with van der Waals surface area (Å²) in [5, 5.41) is 17.0. The molecule has 2 atom stereocenters. The largest absolute Gasteiger partial charge is 0.481 e. The van der Waals surface area contributed by atoms with Crippen LogP contribution in [-0.2, 0) is 9.59 Å². The normalized spacial score (nSPS) is 21.2. The van der Waals surface area contributed by atoms with Crippen LogP contribution in [0.15, 0.2) is 0 Å². The molecule has 20 heavy (non-hydrogen) atoms. The second-order valence-corrected chi connectivity index (χ2v) is 4.98. The molecule has 0 radical (unpaired) electrons. The van der Waals surface area contributed by atoms with Crippen LogP contribution in [-0.4, -0.2) is 42.1 Å². The molecule has 1 rings (SSSR count). The van der Waals surface area contributed by atoms with E-state index in [4.69, 9.17) is 5.11 Å². The van der Waals surface area contributed by atoms with E-state index in [1.165, 1.54) is 0 Å². The van der Waals surface area contributed by atoms with Crippen molar-refractivity contribution in [3.05, 3.63) is 0 Å². The Morgan fingerprint density at radius 2 is 1.90 bits per heavy atom. The molecule has 4 N–H and O–H groups in total. The van der Waals surface area contributed by atoms with Crippen molar-refractivity contribution < 1.29 is 19.5 Å². The Morgan fingerprint density at radius 3 is 2.55 bits per heavy atom. The van der Waals surface area contributed by atoms with Gasteiger partial charge >= 0.3 is 12.0 Å². The molecule has 3 amide bonds. The van der Waals surface area contributed by atoms with E-state index in [1.54, 1.807) is 0 Å². The maximum Gasteiger partial charge on any atom is 0.315 e. The van der Waals surface area contributed by atoms with Gasteiger partial charge in [0.15, 0.2) is 0 Å². The van der Waals surface area contributed by atoms with Gasteiger partial charge in [-0.15, -0.1) is 0 Å². The Morgan fingerprint density at radius 1 is 1.15 bits per heavy atom. The van der Waals surface area contributed by atoms with Gasteiger partial charge in [-0.3, -0.25) is 9.59 Å². The van der Waals surface area contributed by atoms with Crippen LogP contribution in [0, 0.1) is 5.92 Å². The first kappa shape index (κ1) is 16.3. The van der Waals surface area contributed by atoms with Crippen LogP contribution >= 0.6 is 0 Å². The monoisotopic (exact) mass is 285 g/mol. The minimum Gasteiger partial charge on any atom is -0.481 e. The Bertz CT molecular complexity index is 360. The summed E-state index contributed by atoms with van der Waals surface area (Å²) in [7, 11) is 0. The van der Waals surface area contributed by atoms with Crippen molar-refractivity contribution in [3.8, 4) is 0 Å². The highest BCUT2D eigenvalue weighted by Gasteiger charge is 2.33. The molecule has 114 valence electrons. The maximum atomic E-state index is 11.6. The second kappa shape index (κ2) is 8.39. The topological polar surface area (TPSA) is 108 Å². The van der Waals surface area contributed by atoms with Gasteiger partial charge in [0.2, 0.25) is 5.91 Å². The highest BCUT2D eigenvalue weighted by molar-refractivity contribution is 5.79. The number of nitrogens with one attached hydrogen (secondary N) is 3. The lowest BCUT2D eigenvalue weighted by atomic mass is 10.0. The molecule has 1 saturated carbocycles.